The molecule has 0 saturated heterocycles. The molecule has 1 aliphatic rings. The minimum absolute atomic E-state index is 0.107. The van der Waals surface area contributed by atoms with Crippen molar-refractivity contribution < 1.29 is 9.18 Å². The molecule has 0 amide bonds. The Morgan fingerprint density at radius 3 is 2.71 bits per heavy atom. The van der Waals surface area contributed by atoms with Crippen LogP contribution in [0.2, 0.25) is 0 Å². The van der Waals surface area contributed by atoms with Crippen molar-refractivity contribution in [2.24, 2.45) is 0 Å². The number of carbonyl (C=O) groups excluding carboxylic acids is 1. The molecule has 3 heteroatoms. The Kier molecular flexibility index (Phi) is 3.27. The first-order chi connectivity index (χ1) is 8.08. The first-order valence-electron chi connectivity index (χ1n) is 5.79. The van der Waals surface area contributed by atoms with E-state index in [4.69, 9.17) is 0 Å². The van der Waals surface area contributed by atoms with Crippen molar-refractivity contribution in [1.29, 1.82) is 0 Å². The summed E-state index contributed by atoms with van der Waals surface area (Å²) in [5.74, 6) is -0.421. The average molecular weight is 233 g/mol. The number of hydrogen-bond acceptors (Lipinski definition) is 2. The second-order valence-corrected chi connectivity index (χ2v) is 4.47. The van der Waals surface area contributed by atoms with E-state index in [1.165, 1.54) is 18.6 Å². The Labute approximate surface area is 101 Å². The lowest BCUT2D eigenvalue weighted by atomic mass is 10.1. The highest BCUT2D eigenvalue weighted by Gasteiger charge is 2.15. The third kappa shape index (κ3) is 2.54. The Morgan fingerprint density at radius 2 is 2.18 bits per heavy atom. The second kappa shape index (κ2) is 4.70. The lowest BCUT2D eigenvalue weighted by Gasteiger charge is -2.28. The lowest BCUT2D eigenvalue weighted by molar-refractivity contribution is 0.101. The molecule has 1 heterocycles. The van der Waals surface area contributed by atoms with Gasteiger partial charge in [-0.15, -0.1) is 0 Å². The average Bonchev–Trinajstić information content (AvgIpc) is 2.30. The van der Waals surface area contributed by atoms with Gasteiger partial charge in [0.25, 0.3) is 0 Å². The minimum Gasteiger partial charge on any atom is -0.365 e. The van der Waals surface area contributed by atoms with Crippen LogP contribution in [0.3, 0.4) is 0 Å². The van der Waals surface area contributed by atoms with Crippen molar-refractivity contribution in [1.82, 2.24) is 0 Å². The van der Waals surface area contributed by atoms with Crippen molar-refractivity contribution in [3.8, 4) is 0 Å². The maximum Gasteiger partial charge on any atom is 0.159 e. The molecule has 0 atom stereocenters. The molecule has 2 rings (SSSR count). The molecule has 0 radical (unpaired) electrons. The standard InChI is InChI=1S/C14H16FNO/c1-10-5-7-16(8-6-10)14-4-3-12(11(2)17)9-13(14)15/h3-5,9H,6-8H2,1-2H3. The summed E-state index contributed by atoms with van der Waals surface area (Å²) in [5.41, 5.74) is 2.36. The molecule has 0 aliphatic carbocycles. The third-order valence-corrected chi connectivity index (χ3v) is 3.13. The zero-order valence-corrected chi connectivity index (χ0v) is 10.2. The quantitative estimate of drug-likeness (QED) is 0.577. The smallest absolute Gasteiger partial charge is 0.159 e. The molecule has 0 aromatic heterocycles. The van der Waals surface area contributed by atoms with Crippen LogP contribution in [-0.2, 0) is 0 Å². The molecular formula is C14H16FNO. The Balaban J connectivity index is 2.25. The molecule has 0 saturated carbocycles. The summed E-state index contributed by atoms with van der Waals surface area (Å²) in [4.78, 5) is 13.1. The zero-order chi connectivity index (χ0) is 12.4. The van der Waals surface area contributed by atoms with Gasteiger partial charge in [0, 0.05) is 18.7 Å². The van der Waals surface area contributed by atoms with Gasteiger partial charge < -0.3 is 4.90 Å². The molecule has 1 aromatic carbocycles. The van der Waals surface area contributed by atoms with E-state index in [9.17, 15) is 9.18 Å². The summed E-state index contributed by atoms with van der Waals surface area (Å²) in [6.45, 7) is 5.11. The van der Waals surface area contributed by atoms with Gasteiger partial charge in [-0.05, 0) is 38.5 Å². The van der Waals surface area contributed by atoms with E-state index in [0.29, 0.717) is 11.3 Å². The van der Waals surface area contributed by atoms with Crippen molar-refractivity contribution in [3.05, 3.63) is 41.2 Å². The molecular weight excluding hydrogens is 217 g/mol. The summed E-state index contributed by atoms with van der Waals surface area (Å²) in [6.07, 6.45) is 3.08. The number of nitrogens with zero attached hydrogens (tertiary/aromatic N) is 1. The lowest BCUT2D eigenvalue weighted by Crippen LogP contribution is -2.28. The highest BCUT2D eigenvalue weighted by atomic mass is 19.1. The van der Waals surface area contributed by atoms with E-state index >= 15 is 0 Å². The maximum absolute atomic E-state index is 13.9. The van der Waals surface area contributed by atoms with Crippen LogP contribution >= 0.6 is 0 Å². The van der Waals surface area contributed by atoms with Crippen LogP contribution < -0.4 is 4.90 Å². The summed E-state index contributed by atoms with van der Waals surface area (Å²) in [6, 6.07) is 4.70. The van der Waals surface area contributed by atoms with Crippen LogP contribution in [-0.4, -0.2) is 18.9 Å². The summed E-state index contributed by atoms with van der Waals surface area (Å²) in [7, 11) is 0. The number of Topliss-reactive ketones (excluding diaryl/α,β-unsaturated/α-hetero) is 1. The van der Waals surface area contributed by atoms with Crippen LogP contribution in [0, 0.1) is 5.82 Å². The summed E-state index contributed by atoms with van der Waals surface area (Å²) >= 11 is 0. The highest BCUT2D eigenvalue weighted by molar-refractivity contribution is 5.94. The van der Waals surface area contributed by atoms with E-state index in [0.717, 1.165) is 19.5 Å². The first kappa shape index (κ1) is 11.8. The fourth-order valence-electron chi connectivity index (χ4n) is 1.97. The van der Waals surface area contributed by atoms with Crippen LogP contribution in [0.25, 0.3) is 0 Å². The highest BCUT2D eigenvalue weighted by Crippen LogP contribution is 2.23. The van der Waals surface area contributed by atoms with E-state index in [-0.39, 0.29) is 11.6 Å². The van der Waals surface area contributed by atoms with Crippen molar-refractivity contribution in [3.63, 3.8) is 0 Å². The first-order valence-corrected chi connectivity index (χ1v) is 5.79. The molecule has 0 bridgehead atoms. The molecule has 1 aliphatic heterocycles. The SMILES string of the molecule is CC(=O)c1ccc(N2CC=C(C)CC2)c(F)c1. The maximum atomic E-state index is 13.9. The summed E-state index contributed by atoms with van der Waals surface area (Å²) < 4.78 is 13.9. The largest absolute Gasteiger partial charge is 0.365 e. The number of carbonyl (C=O) groups is 1. The molecule has 0 fully saturated rings. The number of hydrogen-bond donors (Lipinski definition) is 0. The van der Waals surface area contributed by atoms with Crippen LogP contribution in [0.4, 0.5) is 10.1 Å². The number of rotatable bonds is 2. The molecule has 1 aromatic rings. The fourth-order valence-corrected chi connectivity index (χ4v) is 1.97. The predicted molar refractivity (Wildman–Crippen MR) is 67.0 cm³/mol. The molecule has 0 spiro atoms. The third-order valence-electron chi connectivity index (χ3n) is 3.13. The Bertz CT molecular complexity index is 479. The number of ketones is 1. The van der Waals surface area contributed by atoms with Crippen LogP contribution in [0.5, 0.6) is 0 Å². The van der Waals surface area contributed by atoms with Gasteiger partial charge in [0.05, 0.1) is 5.69 Å². The monoisotopic (exact) mass is 233 g/mol. The van der Waals surface area contributed by atoms with E-state index in [1.807, 2.05) is 4.90 Å². The van der Waals surface area contributed by atoms with Crippen LogP contribution in [0.1, 0.15) is 30.6 Å². The molecule has 90 valence electrons. The minimum atomic E-state index is -0.314. The number of benzene rings is 1. The topological polar surface area (TPSA) is 20.3 Å². The molecule has 17 heavy (non-hydrogen) atoms. The van der Waals surface area contributed by atoms with E-state index in [1.54, 1.807) is 12.1 Å². The van der Waals surface area contributed by atoms with Gasteiger partial charge >= 0.3 is 0 Å². The number of anilines is 1. The van der Waals surface area contributed by atoms with Crippen molar-refractivity contribution in [2.75, 3.05) is 18.0 Å². The van der Waals surface area contributed by atoms with E-state index < -0.39 is 0 Å². The van der Waals surface area contributed by atoms with Crippen LogP contribution in [0.15, 0.2) is 29.8 Å². The van der Waals surface area contributed by atoms with Gasteiger partial charge in [0.1, 0.15) is 5.82 Å². The van der Waals surface area contributed by atoms with Gasteiger partial charge in [-0.2, -0.15) is 0 Å². The molecule has 0 N–H and O–H groups in total. The normalized spacial score (nSPS) is 15.7. The van der Waals surface area contributed by atoms with Crippen molar-refractivity contribution >= 4 is 11.5 Å². The fraction of sp³-hybridized carbons (Fsp3) is 0.357. The zero-order valence-electron chi connectivity index (χ0n) is 10.2. The van der Waals surface area contributed by atoms with Gasteiger partial charge in [0.2, 0.25) is 0 Å². The van der Waals surface area contributed by atoms with Gasteiger partial charge in [-0.1, -0.05) is 11.6 Å². The van der Waals surface area contributed by atoms with Crippen molar-refractivity contribution in [2.45, 2.75) is 20.3 Å². The Hall–Kier alpha value is -1.64. The second-order valence-electron chi connectivity index (χ2n) is 4.47. The summed E-state index contributed by atoms with van der Waals surface area (Å²) in [5, 5.41) is 0. The van der Waals surface area contributed by atoms with E-state index in [2.05, 4.69) is 13.0 Å². The van der Waals surface area contributed by atoms with Gasteiger partial charge in [0.15, 0.2) is 5.78 Å². The Morgan fingerprint density at radius 1 is 1.41 bits per heavy atom. The van der Waals surface area contributed by atoms with Gasteiger partial charge in [-0.25, -0.2) is 4.39 Å². The predicted octanol–water partition coefficient (Wildman–Crippen LogP) is 3.18. The molecule has 2 nitrogen and oxygen atoms in total. The van der Waals surface area contributed by atoms with Gasteiger partial charge in [-0.3, -0.25) is 4.79 Å². The molecule has 0 unspecified atom stereocenters. The number of halogens is 1.